The lowest BCUT2D eigenvalue weighted by Crippen LogP contribution is -2.59. The van der Waals surface area contributed by atoms with Crippen molar-refractivity contribution >= 4 is 0 Å². The van der Waals surface area contributed by atoms with E-state index in [1.165, 1.54) is 51.9 Å². The van der Waals surface area contributed by atoms with Crippen molar-refractivity contribution < 1.29 is 0 Å². The molecule has 3 heteroatoms. The third-order valence-corrected chi connectivity index (χ3v) is 4.49. The summed E-state index contributed by atoms with van der Waals surface area (Å²) in [5.74, 6) is 0. The van der Waals surface area contributed by atoms with E-state index in [2.05, 4.69) is 36.0 Å². The molecule has 2 heterocycles. The quantitative estimate of drug-likeness (QED) is 0.806. The Balaban J connectivity index is 1.88. The molecule has 0 radical (unpaired) electrons. The summed E-state index contributed by atoms with van der Waals surface area (Å²) in [7, 11) is 2.25. The number of nitrogens with zero attached hydrogens (tertiary/aromatic N) is 2. The second kappa shape index (κ2) is 6.17. The lowest BCUT2D eigenvalue weighted by Gasteiger charge is -2.45. The van der Waals surface area contributed by atoms with E-state index in [1.807, 2.05) is 0 Å². The molecule has 0 aromatic rings. The van der Waals surface area contributed by atoms with E-state index in [1.54, 1.807) is 0 Å². The minimum atomic E-state index is 0.719. The van der Waals surface area contributed by atoms with E-state index in [0.717, 1.165) is 18.1 Å². The van der Waals surface area contributed by atoms with Gasteiger partial charge in [0.2, 0.25) is 0 Å². The molecule has 2 atom stereocenters. The van der Waals surface area contributed by atoms with Crippen LogP contribution in [0.15, 0.2) is 0 Å². The summed E-state index contributed by atoms with van der Waals surface area (Å²) in [6, 6.07) is 2.29. The summed E-state index contributed by atoms with van der Waals surface area (Å²) < 4.78 is 0. The molecular weight excluding hydrogens is 210 g/mol. The Morgan fingerprint density at radius 3 is 2.59 bits per heavy atom. The zero-order valence-corrected chi connectivity index (χ0v) is 11.8. The first-order chi connectivity index (χ1) is 8.20. The van der Waals surface area contributed by atoms with Crippen LogP contribution < -0.4 is 5.32 Å². The Bertz CT molecular complexity index is 224. The summed E-state index contributed by atoms with van der Waals surface area (Å²) >= 11 is 0. The van der Waals surface area contributed by atoms with Gasteiger partial charge in [-0.05, 0) is 46.3 Å². The number of piperidine rings is 1. The van der Waals surface area contributed by atoms with Crippen molar-refractivity contribution in [2.24, 2.45) is 0 Å². The van der Waals surface area contributed by atoms with Crippen molar-refractivity contribution in [3.05, 3.63) is 0 Å². The van der Waals surface area contributed by atoms with Crippen LogP contribution in [0.25, 0.3) is 0 Å². The van der Waals surface area contributed by atoms with E-state index >= 15 is 0 Å². The van der Waals surface area contributed by atoms with Gasteiger partial charge in [-0.3, -0.25) is 4.90 Å². The third kappa shape index (κ3) is 3.43. The Hall–Kier alpha value is -0.120. The molecule has 0 saturated carbocycles. The van der Waals surface area contributed by atoms with Gasteiger partial charge in [-0.1, -0.05) is 13.3 Å². The molecule has 1 N–H and O–H groups in total. The second-order valence-corrected chi connectivity index (χ2v) is 5.97. The van der Waals surface area contributed by atoms with Gasteiger partial charge in [0.15, 0.2) is 0 Å². The van der Waals surface area contributed by atoms with Crippen LogP contribution in [0.3, 0.4) is 0 Å². The Labute approximate surface area is 107 Å². The number of hydrogen-bond donors (Lipinski definition) is 1. The Morgan fingerprint density at radius 1 is 1.24 bits per heavy atom. The molecule has 2 aliphatic heterocycles. The maximum absolute atomic E-state index is 3.70. The van der Waals surface area contributed by atoms with Gasteiger partial charge in [-0.15, -0.1) is 0 Å². The van der Waals surface area contributed by atoms with E-state index < -0.39 is 0 Å². The van der Waals surface area contributed by atoms with Crippen LogP contribution in [-0.4, -0.2) is 61.2 Å². The molecule has 2 saturated heterocycles. The van der Waals surface area contributed by atoms with Gasteiger partial charge in [0, 0.05) is 31.2 Å². The lowest BCUT2D eigenvalue weighted by atomic mass is 9.98. The number of hydrogen-bond acceptors (Lipinski definition) is 3. The number of likely N-dealkylation sites (tertiary alicyclic amines) is 1. The van der Waals surface area contributed by atoms with Crippen LogP contribution in [0, 0.1) is 0 Å². The molecule has 17 heavy (non-hydrogen) atoms. The lowest BCUT2D eigenvalue weighted by molar-refractivity contribution is 0.0528. The van der Waals surface area contributed by atoms with Gasteiger partial charge in [0.1, 0.15) is 0 Å². The van der Waals surface area contributed by atoms with Gasteiger partial charge in [0.05, 0.1) is 0 Å². The fraction of sp³-hybridized carbons (Fsp3) is 1.00. The highest BCUT2D eigenvalue weighted by Crippen LogP contribution is 2.21. The standard InChI is InChI=1S/C14H29N3/c1-4-5-13-11-17(12(2)10-15-13)14-6-8-16(3)9-7-14/h12-15H,4-11H2,1-3H3. The molecule has 2 fully saturated rings. The molecular formula is C14H29N3. The second-order valence-electron chi connectivity index (χ2n) is 5.97. The van der Waals surface area contributed by atoms with Gasteiger partial charge < -0.3 is 10.2 Å². The third-order valence-electron chi connectivity index (χ3n) is 4.49. The summed E-state index contributed by atoms with van der Waals surface area (Å²) in [6.07, 6.45) is 5.35. The first-order valence-corrected chi connectivity index (χ1v) is 7.38. The van der Waals surface area contributed by atoms with Crippen molar-refractivity contribution in [1.29, 1.82) is 0 Å². The van der Waals surface area contributed by atoms with Crippen molar-refractivity contribution in [2.45, 2.75) is 57.7 Å². The van der Waals surface area contributed by atoms with Crippen LogP contribution in [0.2, 0.25) is 0 Å². The van der Waals surface area contributed by atoms with Crippen LogP contribution in [-0.2, 0) is 0 Å². The van der Waals surface area contributed by atoms with Crippen molar-refractivity contribution in [1.82, 2.24) is 15.1 Å². The normalized spacial score (nSPS) is 34.1. The molecule has 0 aromatic heterocycles. The summed E-state index contributed by atoms with van der Waals surface area (Å²) in [4.78, 5) is 5.25. The fourth-order valence-electron chi connectivity index (χ4n) is 3.33. The summed E-state index contributed by atoms with van der Waals surface area (Å²) in [5, 5.41) is 3.70. The Morgan fingerprint density at radius 2 is 1.94 bits per heavy atom. The first-order valence-electron chi connectivity index (χ1n) is 7.38. The molecule has 100 valence electrons. The minimum Gasteiger partial charge on any atom is -0.311 e. The van der Waals surface area contributed by atoms with E-state index in [-0.39, 0.29) is 0 Å². The van der Waals surface area contributed by atoms with Crippen molar-refractivity contribution in [3.8, 4) is 0 Å². The van der Waals surface area contributed by atoms with Crippen LogP contribution >= 0.6 is 0 Å². The van der Waals surface area contributed by atoms with Gasteiger partial charge >= 0.3 is 0 Å². The summed E-state index contributed by atoms with van der Waals surface area (Å²) in [6.45, 7) is 9.67. The van der Waals surface area contributed by atoms with Crippen LogP contribution in [0.4, 0.5) is 0 Å². The highest BCUT2D eigenvalue weighted by molar-refractivity contribution is 4.89. The molecule has 0 amide bonds. The molecule has 2 aliphatic rings. The van der Waals surface area contributed by atoms with E-state index in [9.17, 15) is 0 Å². The zero-order valence-electron chi connectivity index (χ0n) is 11.8. The largest absolute Gasteiger partial charge is 0.311 e. The van der Waals surface area contributed by atoms with E-state index in [4.69, 9.17) is 0 Å². The van der Waals surface area contributed by atoms with Crippen LogP contribution in [0.5, 0.6) is 0 Å². The number of nitrogens with one attached hydrogen (secondary N) is 1. The van der Waals surface area contributed by atoms with Crippen molar-refractivity contribution in [3.63, 3.8) is 0 Å². The molecule has 0 spiro atoms. The Kier molecular flexibility index (Phi) is 4.83. The van der Waals surface area contributed by atoms with Gasteiger partial charge in [-0.25, -0.2) is 0 Å². The number of piperazine rings is 1. The molecule has 0 aromatic carbocycles. The maximum atomic E-state index is 3.70. The molecule has 3 nitrogen and oxygen atoms in total. The fourth-order valence-corrected chi connectivity index (χ4v) is 3.33. The molecule has 2 rings (SSSR count). The monoisotopic (exact) mass is 239 g/mol. The minimum absolute atomic E-state index is 0.719. The first kappa shape index (κ1) is 13.3. The molecule has 2 unspecified atom stereocenters. The van der Waals surface area contributed by atoms with Gasteiger partial charge in [-0.2, -0.15) is 0 Å². The molecule has 0 bridgehead atoms. The number of rotatable bonds is 3. The van der Waals surface area contributed by atoms with Crippen LogP contribution in [0.1, 0.15) is 39.5 Å². The van der Waals surface area contributed by atoms with E-state index in [0.29, 0.717) is 0 Å². The highest BCUT2D eigenvalue weighted by atomic mass is 15.3. The average Bonchev–Trinajstić information content (AvgIpc) is 2.33. The zero-order chi connectivity index (χ0) is 12.3. The average molecular weight is 239 g/mol. The van der Waals surface area contributed by atoms with Gasteiger partial charge in [0.25, 0.3) is 0 Å². The van der Waals surface area contributed by atoms with Crippen molar-refractivity contribution in [2.75, 3.05) is 33.2 Å². The maximum Gasteiger partial charge on any atom is 0.0196 e. The highest BCUT2D eigenvalue weighted by Gasteiger charge is 2.31. The summed E-state index contributed by atoms with van der Waals surface area (Å²) in [5.41, 5.74) is 0. The topological polar surface area (TPSA) is 18.5 Å². The smallest absolute Gasteiger partial charge is 0.0196 e. The predicted molar refractivity (Wildman–Crippen MR) is 73.4 cm³/mol. The molecule has 0 aliphatic carbocycles. The predicted octanol–water partition coefficient (Wildman–Crippen LogP) is 1.54. The SMILES string of the molecule is CCCC1CN(C2CCN(C)CC2)C(C)CN1.